The Bertz CT molecular complexity index is 2180. The van der Waals surface area contributed by atoms with Gasteiger partial charge >= 0.3 is 11.9 Å². The molecular formula is C50H74O29. The molecule has 0 aromatic rings. The number of aliphatic hydroxyl groups is 17. The van der Waals surface area contributed by atoms with E-state index in [9.17, 15) is 96.4 Å². The molecule has 0 radical (unpaired) electrons. The van der Waals surface area contributed by atoms with Crippen LogP contribution >= 0.6 is 0 Å². The van der Waals surface area contributed by atoms with Crippen LogP contribution in [0, 0.1) is 0 Å². The Labute approximate surface area is 452 Å². The van der Waals surface area contributed by atoms with Crippen molar-refractivity contribution in [2.45, 2.75) is 181 Å². The first-order valence-corrected chi connectivity index (χ1v) is 25.0. The van der Waals surface area contributed by atoms with E-state index in [2.05, 4.69) is 0 Å². The number of carbonyl (C=O) groups is 2. The van der Waals surface area contributed by atoms with E-state index in [4.69, 9.17) is 47.4 Å². The molecule has 0 bridgehead atoms. The maximum absolute atomic E-state index is 13.0. The van der Waals surface area contributed by atoms with Crippen LogP contribution in [0.25, 0.3) is 0 Å². The van der Waals surface area contributed by atoms with Gasteiger partial charge in [0.05, 0.1) is 33.0 Å². The lowest BCUT2D eigenvalue weighted by Gasteiger charge is -2.46. The van der Waals surface area contributed by atoms with Crippen molar-refractivity contribution in [2.75, 3.05) is 33.0 Å². The van der Waals surface area contributed by atoms with Crippen molar-refractivity contribution >= 4 is 11.9 Å². The number of esters is 2. The summed E-state index contributed by atoms with van der Waals surface area (Å²) in [5.41, 5.74) is 1.57. The van der Waals surface area contributed by atoms with Crippen molar-refractivity contribution in [2.24, 2.45) is 0 Å². The molecule has 5 heterocycles. The second-order valence-corrected chi connectivity index (χ2v) is 19.3. The monoisotopic (exact) mass is 1140 g/mol. The number of ether oxygens (including phenoxy) is 10. The molecule has 5 saturated heterocycles. The van der Waals surface area contributed by atoms with E-state index in [1.54, 1.807) is 56.4 Å². The topological polar surface area (TPSA) is 470 Å². The third kappa shape index (κ3) is 16.9. The lowest BCUT2D eigenvalue weighted by Crippen LogP contribution is -2.65. The first-order valence-electron chi connectivity index (χ1n) is 25.0. The molecule has 79 heavy (non-hydrogen) atoms. The summed E-state index contributed by atoms with van der Waals surface area (Å²) in [5, 5.41) is 175. The van der Waals surface area contributed by atoms with Crippen molar-refractivity contribution in [1.82, 2.24) is 0 Å². The fourth-order valence-electron chi connectivity index (χ4n) is 8.33. The maximum atomic E-state index is 13.0. The van der Waals surface area contributed by atoms with Crippen molar-refractivity contribution in [1.29, 1.82) is 0 Å². The summed E-state index contributed by atoms with van der Waals surface area (Å²) in [6, 6.07) is 0. The fraction of sp³-hybridized carbons (Fsp3) is 0.680. The van der Waals surface area contributed by atoms with Crippen LogP contribution in [0.15, 0.2) is 83.1 Å². The highest BCUT2D eigenvalue weighted by atomic mass is 16.8. The van der Waals surface area contributed by atoms with Crippen molar-refractivity contribution < 1.29 is 144 Å². The molecule has 0 aromatic heterocycles. The maximum Gasteiger partial charge on any atom is 0.336 e. The summed E-state index contributed by atoms with van der Waals surface area (Å²) in [5.74, 6) is -1.93. The Kier molecular flexibility index (Phi) is 25.4. The number of allylic oxidation sites excluding steroid dienone is 12. The average Bonchev–Trinajstić information content (AvgIpc) is 3.43. The van der Waals surface area contributed by atoms with Crippen LogP contribution in [0.2, 0.25) is 0 Å². The lowest BCUT2D eigenvalue weighted by molar-refractivity contribution is -0.363. The average molecular weight is 1140 g/mol. The quantitative estimate of drug-likeness (QED) is 0.0288. The smallest absolute Gasteiger partial charge is 0.336 e. The first-order chi connectivity index (χ1) is 37.3. The van der Waals surface area contributed by atoms with Gasteiger partial charge in [-0.15, -0.1) is 0 Å². The fourth-order valence-corrected chi connectivity index (χ4v) is 8.33. The predicted molar refractivity (Wildman–Crippen MR) is 260 cm³/mol. The van der Waals surface area contributed by atoms with Gasteiger partial charge in [0.15, 0.2) is 18.9 Å². The molecule has 0 spiro atoms. The van der Waals surface area contributed by atoms with Gasteiger partial charge in [-0.05, 0) is 27.7 Å². The van der Waals surface area contributed by atoms with E-state index in [-0.39, 0.29) is 11.1 Å². The largest absolute Gasteiger partial charge is 0.429 e. The molecule has 0 aliphatic carbocycles. The van der Waals surface area contributed by atoms with Crippen LogP contribution in [0.3, 0.4) is 0 Å². The molecule has 1 unspecified atom stereocenters. The number of hydrogen-bond donors (Lipinski definition) is 17. The van der Waals surface area contributed by atoms with E-state index in [0.717, 1.165) is 11.1 Å². The number of aliphatic hydroxyl groups excluding tert-OH is 17. The zero-order chi connectivity index (χ0) is 58.6. The molecule has 29 heteroatoms. The molecular weight excluding hydrogens is 1060 g/mol. The molecule has 29 nitrogen and oxygen atoms in total. The van der Waals surface area contributed by atoms with Gasteiger partial charge in [-0.2, -0.15) is 0 Å². The van der Waals surface area contributed by atoms with Crippen molar-refractivity contribution in [3.63, 3.8) is 0 Å². The zero-order valence-corrected chi connectivity index (χ0v) is 43.2. The number of carbonyl (C=O) groups excluding carboxylic acids is 2. The summed E-state index contributed by atoms with van der Waals surface area (Å²) in [4.78, 5) is 25.9. The Balaban J connectivity index is 1.06. The van der Waals surface area contributed by atoms with Gasteiger partial charge in [0.25, 0.3) is 0 Å². The summed E-state index contributed by atoms with van der Waals surface area (Å²) >= 11 is 0. The molecule has 5 aliphatic heterocycles. The summed E-state index contributed by atoms with van der Waals surface area (Å²) in [6.45, 7) is 2.66. The molecule has 5 rings (SSSR count). The van der Waals surface area contributed by atoms with Crippen LogP contribution in [-0.2, 0) is 57.0 Å². The highest BCUT2D eigenvalue weighted by Gasteiger charge is 2.53. The van der Waals surface area contributed by atoms with Crippen molar-refractivity contribution in [3.05, 3.63) is 83.1 Å². The van der Waals surface area contributed by atoms with Crippen LogP contribution in [0.4, 0.5) is 0 Å². The molecule has 5 aliphatic rings. The molecule has 5 fully saturated rings. The number of hydrogen-bond acceptors (Lipinski definition) is 29. The van der Waals surface area contributed by atoms with Crippen molar-refractivity contribution in [3.8, 4) is 0 Å². The summed E-state index contributed by atoms with van der Waals surface area (Å²) < 4.78 is 54.1. The molecule has 0 amide bonds. The normalized spacial score (nSPS) is 42.3. The highest BCUT2D eigenvalue weighted by molar-refractivity contribution is 5.88. The minimum atomic E-state index is -1.94. The standard InChI is InChI=1S/C50H74O29/c1-20(11-7-13-22(3)44(68)78-49-40(65)35(60)31(56)27(75-49)18-70-46-38(63)33(58)29(54)24(15-51)72-46)9-5-6-10-21(2)12-8-14-23(4)45(69)79-50-41(66)36(61)32(57)28(76-50)19-71-47-42(67)37(62)43(26(17-53)74-47)77-48-39(64)34(59)30(55)25(16-52)73-48/h5-14,24-43,46-67H,15-19H2,1-4H3/b6-5+,11-7+,12-8+,20-9+,21-10+,22-13+,23-14+/t24-,25+,26-,27+,28+,29-,30+,31+,32+,33+,34-,35-,36-,37-,38-,39+,40+,41+,42-,43-,46-,47-,48?,49-,50-/m0/s1. The van der Waals surface area contributed by atoms with Gasteiger partial charge in [-0.1, -0.05) is 71.9 Å². The Morgan fingerprint density at radius 1 is 0.367 bits per heavy atom. The van der Waals surface area contributed by atoms with Gasteiger partial charge in [0.2, 0.25) is 12.6 Å². The van der Waals surface area contributed by atoms with E-state index >= 15 is 0 Å². The second-order valence-electron chi connectivity index (χ2n) is 19.3. The highest BCUT2D eigenvalue weighted by Crippen LogP contribution is 2.32. The summed E-state index contributed by atoms with van der Waals surface area (Å²) in [6.07, 6.45) is -26.9. The van der Waals surface area contributed by atoms with Gasteiger partial charge < -0.3 is 134 Å². The second kappa shape index (κ2) is 30.4. The third-order valence-corrected chi connectivity index (χ3v) is 13.3. The number of rotatable bonds is 21. The molecule has 0 aromatic carbocycles. The van der Waals surface area contributed by atoms with Crippen LogP contribution in [0.1, 0.15) is 27.7 Å². The van der Waals surface area contributed by atoms with Gasteiger partial charge in [-0.3, -0.25) is 0 Å². The third-order valence-electron chi connectivity index (χ3n) is 13.3. The minimum Gasteiger partial charge on any atom is -0.429 e. The van der Waals surface area contributed by atoms with Crippen LogP contribution in [-0.4, -0.2) is 285 Å². The minimum absolute atomic E-state index is 0.0280. The van der Waals surface area contributed by atoms with Gasteiger partial charge in [0, 0.05) is 11.1 Å². The van der Waals surface area contributed by atoms with Gasteiger partial charge in [-0.25, -0.2) is 9.59 Å². The van der Waals surface area contributed by atoms with Crippen LogP contribution in [0.5, 0.6) is 0 Å². The zero-order valence-electron chi connectivity index (χ0n) is 43.2. The molecule has 25 atom stereocenters. The lowest BCUT2D eigenvalue weighted by atomic mass is 9.97. The van der Waals surface area contributed by atoms with E-state index in [1.807, 2.05) is 0 Å². The van der Waals surface area contributed by atoms with E-state index in [0.29, 0.717) is 0 Å². The molecule has 17 N–H and O–H groups in total. The summed E-state index contributed by atoms with van der Waals surface area (Å²) in [7, 11) is 0. The SMILES string of the molecule is CC(/C=C/C=C(\C)C(=O)O[C@@H]1O[C@H](CO[C@H]2O[C@@H](CO)[C@H](O)[C@@H](O)[C@@H]2O)[C@@H](O)[C@H](O)[C@H]1O)=C\C=C\C=C(C)\C=C\C=C(/C)C(=O)O[C@@H]1O[C@H](CO[C@H]2O[C@@H](CO)[C@H](OC3O[C@H](CO)[C@@H](O)[C@H](O)[C@H]3O)[C@@H](O)[C@@H]2O)[C@@H](O)[C@H](O)[C@H]1O. The van der Waals surface area contributed by atoms with Gasteiger partial charge in [0.1, 0.15) is 122 Å². The van der Waals surface area contributed by atoms with E-state index in [1.165, 1.54) is 32.1 Å². The Morgan fingerprint density at radius 2 is 0.684 bits per heavy atom. The Morgan fingerprint density at radius 3 is 1.08 bits per heavy atom. The Hall–Kier alpha value is -3.88. The molecule has 0 saturated carbocycles. The first kappa shape index (κ1) is 65.9. The van der Waals surface area contributed by atoms with E-state index < -0.39 is 199 Å². The molecule has 448 valence electrons. The van der Waals surface area contributed by atoms with Crippen LogP contribution < -0.4 is 0 Å². The predicted octanol–water partition coefficient (Wildman–Crippen LogP) is -7.40.